The molecule has 1 aromatic carbocycles. The van der Waals surface area contributed by atoms with Gasteiger partial charge in [-0.3, -0.25) is 4.79 Å². The van der Waals surface area contributed by atoms with E-state index < -0.39 is 6.10 Å². The summed E-state index contributed by atoms with van der Waals surface area (Å²) in [6.07, 6.45) is 0.607. The van der Waals surface area contributed by atoms with Crippen LogP contribution in [0.3, 0.4) is 0 Å². The van der Waals surface area contributed by atoms with Crippen molar-refractivity contribution in [3.8, 4) is 5.75 Å². The molecule has 1 saturated heterocycles. The van der Waals surface area contributed by atoms with Gasteiger partial charge in [0.25, 0.3) is 5.91 Å². The molecule has 0 aliphatic carbocycles. The number of benzene rings is 1. The maximum Gasteiger partial charge on any atom is 0.263 e. The van der Waals surface area contributed by atoms with Crippen molar-refractivity contribution in [2.75, 3.05) is 26.7 Å². The lowest BCUT2D eigenvalue weighted by atomic mass is 10.1. The molecule has 0 spiro atoms. The first-order chi connectivity index (χ1) is 9.61. The van der Waals surface area contributed by atoms with Gasteiger partial charge in [-0.05, 0) is 60.9 Å². The molecular formula is C15H21BrN2O2. The van der Waals surface area contributed by atoms with Gasteiger partial charge < -0.3 is 15.0 Å². The van der Waals surface area contributed by atoms with Crippen LogP contribution in [0.1, 0.15) is 13.3 Å². The highest BCUT2D eigenvalue weighted by atomic mass is 79.9. The van der Waals surface area contributed by atoms with Gasteiger partial charge in [0.15, 0.2) is 6.10 Å². The predicted octanol–water partition coefficient (Wildman–Crippen LogP) is 2.28. The number of ether oxygens (including phenoxy) is 1. The maximum absolute atomic E-state index is 12.4. The molecule has 1 fully saturated rings. The van der Waals surface area contributed by atoms with Gasteiger partial charge in [0.2, 0.25) is 0 Å². The fourth-order valence-corrected chi connectivity index (χ4v) is 2.90. The average Bonchev–Trinajstić information content (AvgIpc) is 2.89. The van der Waals surface area contributed by atoms with Crippen LogP contribution in [0.5, 0.6) is 5.75 Å². The Bertz CT molecular complexity index is 467. The second kappa shape index (κ2) is 7.09. The molecule has 4 nitrogen and oxygen atoms in total. The van der Waals surface area contributed by atoms with Crippen molar-refractivity contribution < 1.29 is 9.53 Å². The minimum atomic E-state index is -0.456. The third-order valence-electron chi connectivity index (χ3n) is 3.58. The molecule has 1 N–H and O–H groups in total. The number of hydrogen-bond acceptors (Lipinski definition) is 3. The first kappa shape index (κ1) is 15.3. The van der Waals surface area contributed by atoms with E-state index in [0.29, 0.717) is 11.7 Å². The van der Waals surface area contributed by atoms with Gasteiger partial charge in [0, 0.05) is 13.1 Å². The third kappa shape index (κ3) is 3.73. The van der Waals surface area contributed by atoms with Crippen LogP contribution in [0.2, 0.25) is 0 Å². The van der Waals surface area contributed by atoms with Gasteiger partial charge in [0.05, 0.1) is 4.47 Å². The van der Waals surface area contributed by atoms with E-state index in [0.717, 1.165) is 30.5 Å². The summed E-state index contributed by atoms with van der Waals surface area (Å²) in [4.78, 5) is 14.3. The molecule has 0 radical (unpaired) electrons. The first-order valence-corrected chi connectivity index (χ1v) is 7.75. The van der Waals surface area contributed by atoms with E-state index in [1.807, 2.05) is 43.1 Å². The van der Waals surface area contributed by atoms with Crippen LogP contribution in [0.4, 0.5) is 0 Å². The molecule has 1 heterocycles. The van der Waals surface area contributed by atoms with Crippen LogP contribution in [0.15, 0.2) is 28.7 Å². The Kier molecular flexibility index (Phi) is 5.43. The molecule has 1 amide bonds. The van der Waals surface area contributed by atoms with E-state index in [1.165, 1.54) is 0 Å². The second-order valence-electron chi connectivity index (χ2n) is 5.19. The molecule has 0 saturated carbocycles. The van der Waals surface area contributed by atoms with E-state index >= 15 is 0 Å². The molecule has 5 heteroatoms. The average molecular weight is 341 g/mol. The molecule has 2 rings (SSSR count). The lowest BCUT2D eigenvalue weighted by Gasteiger charge is -2.22. The lowest BCUT2D eigenvalue weighted by Crippen LogP contribution is -2.39. The molecule has 2 atom stereocenters. The minimum Gasteiger partial charge on any atom is -0.480 e. The smallest absolute Gasteiger partial charge is 0.263 e. The van der Waals surface area contributed by atoms with Crippen LogP contribution < -0.4 is 10.1 Å². The van der Waals surface area contributed by atoms with E-state index in [9.17, 15) is 4.79 Å². The summed E-state index contributed by atoms with van der Waals surface area (Å²) in [5.41, 5.74) is 0. The number of carbonyl (C=O) groups excluding carboxylic acids is 1. The number of carbonyl (C=O) groups is 1. The highest BCUT2D eigenvalue weighted by Crippen LogP contribution is 2.25. The Labute approximate surface area is 128 Å². The maximum atomic E-state index is 12.4. The van der Waals surface area contributed by atoms with E-state index in [2.05, 4.69) is 21.2 Å². The largest absolute Gasteiger partial charge is 0.480 e. The Hall–Kier alpha value is -1.07. The van der Waals surface area contributed by atoms with E-state index in [4.69, 9.17) is 4.74 Å². The molecule has 1 aromatic rings. The highest BCUT2D eigenvalue weighted by Gasteiger charge is 2.29. The quantitative estimate of drug-likeness (QED) is 0.894. The number of halogens is 1. The Morgan fingerprint density at radius 1 is 1.55 bits per heavy atom. The van der Waals surface area contributed by atoms with Crippen molar-refractivity contribution in [2.45, 2.75) is 19.4 Å². The summed E-state index contributed by atoms with van der Waals surface area (Å²) in [5, 5.41) is 3.17. The van der Waals surface area contributed by atoms with Crippen molar-refractivity contribution in [3.63, 3.8) is 0 Å². The molecule has 1 aliphatic rings. The van der Waals surface area contributed by atoms with Gasteiger partial charge in [-0.1, -0.05) is 12.1 Å². The molecule has 0 unspecified atom stereocenters. The predicted molar refractivity (Wildman–Crippen MR) is 82.8 cm³/mol. The van der Waals surface area contributed by atoms with Gasteiger partial charge >= 0.3 is 0 Å². The van der Waals surface area contributed by atoms with Crippen molar-refractivity contribution in [2.24, 2.45) is 5.92 Å². The number of nitrogens with one attached hydrogen (secondary N) is 1. The first-order valence-electron chi connectivity index (χ1n) is 6.96. The van der Waals surface area contributed by atoms with Crippen LogP contribution in [0.25, 0.3) is 0 Å². The minimum absolute atomic E-state index is 0.0688. The van der Waals surface area contributed by atoms with Crippen molar-refractivity contribution in [1.82, 2.24) is 10.2 Å². The molecule has 110 valence electrons. The number of nitrogens with zero attached hydrogens (tertiary/aromatic N) is 1. The molecule has 20 heavy (non-hydrogen) atoms. The monoisotopic (exact) mass is 340 g/mol. The van der Waals surface area contributed by atoms with E-state index in [1.54, 1.807) is 0 Å². The van der Waals surface area contributed by atoms with Gasteiger partial charge in [-0.2, -0.15) is 0 Å². The van der Waals surface area contributed by atoms with Crippen LogP contribution in [-0.2, 0) is 4.79 Å². The van der Waals surface area contributed by atoms with Crippen molar-refractivity contribution >= 4 is 21.8 Å². The number of rotatable bonds is 5. The van der Waals surface area contributed by atoms with Gasteiger partial charge in [-0.15, -0.1) is 0 Å². The van der Waals surface area contributed by atoms with Crippen molar-refractivity contribution in [1.29, 1.82) is 0 Å². The van der Waals surface area contributed by atoms with Crippen molar-refractivity contribution in [3.05, 3.63) is 28.7 Å². The third-order valence-corrected chi connectivity index (χ3v) is 4.23. The number of para-hydroxylation sites is 1. The summed E-state index contributed by atoms with van der Waals surface area (Å²) < 4.78 is 6.63. The fraction of sp³-hybridized carbons (Fsp3) is 0.533. The summed E-state index contributed by atoms with van der Waals surface area (Å²) in [5.74, 6) is 1.33. The SMILES string of the molecule is CNC[C@H]1CCN(C(=O)[C@H](C)Oc2ccccc2Br)C1. The summed E-state index contributed by atoms with van der Waals surface area (Å²) >= 11 is 3.43. The lowest BCUT2D eigenvalue weighted by molar-refractivity contribution is -0.137. The molecular weight excluding hydrogens is 320 g/mol. The molecule has 0 aromatic heterocycles. The number of likely N-dealkylation sites (tertiary alicyclic amines) is 1. The number of amides is 1. The normalized spacial score (nSPS) is 19.9. The Morgan fingerprint density at radius 2 is 2.30 bits per heavy atom. The number of hydrogen-bond donors (Lipinski definition) is 1. The zero-order chi connectivity index (χ0) is 14.5. The van der Waals surface area contributed by atoms with Crippen LogP contribution in [-0.4, -0.2) is 43.6 Å². The highest BCUT2D eigenvalue weighted by molar-refractivity contribution is 9.10. The Balaban J connectivity index is 1.91. The topological polar surface area (TPSA) is 41.6 Å². The zero-order valence-corrected chi connectivity index (χ0v) is 13.5. The summed E-state index contributed by atoms with van der Waals surface area (Å²) in [7, 11) is 1.95. The van der Waals surface area contributed by atoms with E-state index in [-0.39, 0.29) is 5.91 Å². The molecule has 0 bridgehead atoms. The van der Waals surface area contributed by atoms with Gasteiger partial charge in [0.1, 0.15) is 5.75 Å². The summed E-state index contributed by atoms with van der Waals surface area (Å²) in [6, 6.07) is 7.59. The molecule has 1 aliphatic heterocycles. The Morgan fingerprint density at radius 3 is 3.00 bits per heavy atom. The van der Waals surface area contributed by atoms with Gasteiger partial charge in [-0.25, -0.2) is 0 Å². The standard InChI is InChI=1S/C15H21BrN2O2/c1-11(20-14-6-4-3-5-13(14)16)15(19)18-8-7-12(10-18)9-17-2/h3-6,11-12,17H,7-10H2,1-2H3/t11-,12+/m0/s1. The zero-order valence-electron chi connectivity index (χ0n) is 11.9. The summed E-state index contributed by atoms with van der Waals surface area (Å²) in [6.45, 7) is 4.43. The second-order valence-corrected chi connectivity index (χ2v) is 6.04. The van der Waals surface area contributed by atoms with Crippen LogP contribution in [0, 0.1) is 5.92 Å². The fourth-order valence-electron chi connectivity index (χ4n) is 2.53. The van der Waals surface area contributed by atoms with Crippen LogP contribution >= 0.6 is 15.9 Å².